The minimum absolute atomic E-state index is 0.205. The van der Waals surface area contributed by atoms with Crippen molar-refractivity contribution in [2.75, 3.05) is 5.32 Å². The standard InChI is InChI=1S/C18H19NS/c1-18(2,3)14-8-10-15(11-9-14)19-17-12-13-6-4-5-7-16(13)20-17/h4-12,19H,1-3H3. The lowest BCUT2D eigenvalue weighted by molar-refractivity contribution is 0.590. The van der Waals surface area contributed by atoms with E-state index >= 15 is 0 Å². The Labute approximate surface area is 124 Å². The number of rotatable bonds is 2. The molecule has 20 heavy (non-hydrogen) atoms. The highest BCUT2D eigenvalue weighted by molar-refractivity contribution is 7.22. The van der Waals surface area contributed by atoms with E-state index in [0.717, 1.165) is 5.69 Å². The monoisotopic (exact) mass is 281 g/mol. The predicted molar refractivity (Wildman–Crippen MR) is 90.2 cm³/mol. The summed E-state index contributed by atoms with van der Waals surface area (Å²) < 4.78 is 1.32. The van der Waals surface area contributed by atoms with Crippen LogP contribution < -0.4 is 5.32 Å². The van der Waals surface area contributed by atoms with Gasteiger partial charge in [-0.05, 0) is 40.6 Å². The Morgan fingerprint density at radius 1 is 0.900 bits per heavy atom. The van der Waals surface area contributed by atoms with Crippen molar-refractivity contribution >= 4 is 32.1 Å². The Kier molecular flexibility index (Phi) is 3.27. The molecule has 0 aliphatic rings. The third kappa shape index (κ3) is 2.70. The number of anilines is 2. The first-order chi connectivity index (χ1) is 9.52. The largest absolute Gasteiger partial charge is 0.347 e. The van der Waals surface area contributed by atoms with Gasteiger partial charge in [-0.15, -0.1) is 11.3 Å². The van der Waals surface area contributed by atoms with Gasteiger partial charge in [0.15, 0.2) is 0 Å². The minimum atomic E-state index is 0.205. The molecule has 0 saturated carbocycles. The first-order valence-electron chi connectivity index (χ1n) is 6.88. The van der Waals surface area contributed by atoms with E-state index in [2.05, 4.69) is 80.7 Å². The molecule has 0 fully saturated rings. The maximum Gasteiger partial charge on any atom is 0.0939 e. The van der Waals surface area contributed by atoms with Crippen LogP contribution in [0.3, 0.4) is 0 Å². The lowest BCUT2D eigenvalue weighted by Gasteiger charge is -2.19. The fraction of sp³-hybridized carbons (Fsp3) is 0.222. The summed E-state index contributed by atoms with van der Waals surface area (Å²) in [5, 5.41) is 5.98. The van der Waals surface area contributed by atoms with Gasteiger partial charge in [0.25, 0.3) is 0 Å². The molecule has 1 N–H and O–H groups in total. The van der Waals surface area contributed by atoms with E-state index in [1.807, 2.05) is 0 Å². The zero-order valence-electron chi connectivity index (χ0n) is 12.1. The van der Waals surface area contributed by atoms with Gasteiger partial charge in [-0.25, -0.2) is 0 Å². The summed E-state index contributed by atoms with van der Waals surface area (Å²) in [6.07, 6.45) is 0. The number of benzene rings is 2. The van der Waals surface area contributed by atoms with Crippen LogP contribution in [0.15, 0.2) is 54.6 Å². The first kappa shape index (κ1) is 13.2. The summed E-state index contributed by atoms with van der Waals surface area (Å²) in [6, 6.07) is 19.4. The molecule has 0 bridgehead atoms. The number of hydrogen-bond donors (Lipinski definition) is 1. The zero-order valence-corrected chi connectivity index (χ0v) is 12.9. The fourth-order valence-corrected chi connectivity index (χ4v) is 3.22. The number of fused-ring (bicyclic) bond motifs is 1. The van der Waals surface area contributed by atoms with Crippen LogP contribution in [0.1, 0.15) is 26.3 Å². The van der Waals surface area contributed by atoms with Crippen molar-refractivity contribution in [2.24, 2.45) is 0 Å². The number of nitrogens with one attached hydrogen (secondary N) is 1. The SMILES string of the molecule is CC(C)(C)c1ccc(Nc2cc3ccccc3s2)cc1. The molecule has 0 saturated heterocycles. The Morgan fingerprint density at radius 3 is 2.25 bits per heavy atom. The molecule has 0 amide bonds. The van der Waals surface area contributed by atoms with Gasteiger partial charge in [0, 0.05) is 10.4 Å². The van der Waals surface area contributed by atoms with Gasteiger partial charge in [-0.3, -0.25) is 0 Å². The molecule has 2 heteroatoms. The molecule has 0 atom stereocenters. The van der Waals surface area contributed by atoms with E-state index in [-0.39, 0.29) is 5.41 Å². The molecular weight excluding hydrogens is 262 g/mol. The second-order valence-corrected chi connectivity index (χ2v) is 7.18. The van der Waals surface area contributed by atoms with E-state index in [9.17, 15) is 0 Å². The highest BCUT2D eigenvalue weighted by atomic mass is 32.1. The number of thiophene rings is 1. The molecule has 0 spiro atoms. The third-order valence-electron chi connectivity index (χ3n) is 3.44. The van der Waals surface area contributed by atoms with Crippen molar-refractivity contribution < 1.29 is 0 Å². The fourth-order valence-electron chi connectivity index (χ4n) is 2.24. The van der Waals surface area contributed by atoms with E-state index in [1.165, 1.54) is 20.7 Å². The van der Waals surface area contributed by atoms with Crippen LogP contribution in [0, 0.1) is 0 Å². The second-order valence-electron chi connectivity index (χ2n) is 6.10. The highest BCUT2D eigenvalue weighted by Gasteiger charge is 2.12. The van der Waals surface area contributed by atoms with E-state index in [0.29, 0.717) is 0 Å². The molecule has 1 heterocycles. The molecular formula is C18H19NS. The molecule has 0 unspecified atom stereocenters. The van der Waals surface area contributed by atoms with Crippen LogP contribution in [0.4, 0.5) is 10.7 Å². The van der Waals surface area contributed by atoms with Gasteiger partial charge in [-0.2, -0.15) is 0 Å². The molecule has 0 aliphatic carbocycles. The summed E-state index contributed by atoms with van der Waals surface area (Å²) in [5.41, 5.74) is 2.71. The van der Waals surface area contributed by atoms with E-state index in [1.54, 1.807) is 11.3 Å². The van der Waals surface area contributed by atoms with Crippen molar-refractivity contribution in [1.29, 1.82) is 0 Å². The van der Waals surface area contributed by atoms with Crippen molar-refractivity contribution in [1.82, 2.24) is 0 Å². The van der Waals surface area contributed by atoms with Crippen molar-refractivity contribution in [3.05, 3.63) is 60.2 Å². The predicted octanol–water partition coefficient (Wildman–Crippen LogP) is 5.94. The summed E-state index contributed by atoms with van der Waals surface area (Å²) >= 11 is 1.79. The molecule has 2 aromatic carbocycles. The highest BCUT2D eigenvalue weighted by Crippen LogP contribution is 2.32. The summed E-state index contributed by atoms with van der Waals surface area (Å²) in [5.74, 6) is 0. The zero-order chi connectivity index (χ0) is 14.2. The lowest BCUT2D eigenvalue weighted by atomic mass is 9.87. The van der Waals surface area contributed by atoms with Crippen molar-refractivity contribution in [3.63, 3.8) is 0 Å². The van der Waals surface area contributed by atoms with Crippen molar-refractivity contribution in [2.45, 2.75) is 26.2 Å². The average Bonchev–Trinajstić information content (AvgIpc) is 2.80. The van der Waals surface area contributed by atoms with Crippen LogP contribution in [0.2, 0.25) is 0 Å². The van der Waals surface area contributed by atoms with Crippen LogP contribution in [0.25, 0.3) is 10.1 Å². The van der Waals surface area contributed by atoms with Crippen LogP contribution in [0.5, 0.6) is 0 Å². The quantitative estimate of drug-likeness (QED) is 0.612. The molecule has 102 valence electrons. The molecule has 3 aromatic rings. The second kappa shape index (κ2) is 4.95. The van der Waals surface area contributed by atoms with Crippen LogP contribution >= 0.6 is 11.3 Å². The first-order valence-corrected chi connectivity index (χ1v) is 7.70. The molecule has 1 nitrogen and oxygen atoms in total. The summed E-state index contributed by atoms with van der Waals surface area (Å²) in [4.78, 5) is 0. The van der Waals surface area contributed by atoms with Crippen LogP contribution in [-0.2, 0) is 5.41 Å². The average molecular weight is 281 g/mol. The molecule has 0 aliphatic heterocycles. The number of hydrogen-bond acceptors (Lipinski definition) is 2. The van der Waals surface area contributed by atoms with Gasteiger partial charge in [0.1, 0.15) is 0 Å². The Balaban J connectivity index is 1.84. The van der Waals surface area contributed by atoms with Gasteiger partial charge < -0.3 is 5.32 Å². The van der Waals surface area contributed by atoms with E-state index in [4.69, 9.17) is 0 Å². The molecule has 3 rings (SSSR count). The maximum absolute atomic E-state index is 3.49. The minimum Gasteiger partial charge on any atom is -0.347 e. The summed E-state index contributed by atoms with van der Waals surface area (Å²) in [6.45, 7) is 6.71. The van der Waals surface area contributed by atoms with Gasteiger partial charge in [0.2, 0.25) is 0 Å². The van der Waals surface area contributed by atoms with E-state index < -0.39 is 0 Å². The van der Waals surface area contributed by atoms with Crippen LogP contribution in [-0.4, -0.2) is 0 Å². The third-order valence-corrected chi connectivity index (χ3v) is 4.48. The maximum atomic E-state index is 3.49. The molecule has 0 radical (unpaired) electrons. The summed E-state index contributed by atoms with van der Waals surface area (Å²) in [7, 11) is 0. The van der Waals surface area contributed by atoms with Gasteiger partial charge >= 0.3 is 0 Å². The van der Waals surface area contributed by atoms with Gasteiger partial charge in [0.05, 0.1) is 5.00 Å². The Hall–Kier alpha value is -1.80. The Morgan fingerprint density at radius 2 is 1.60 bits per heavy atom. The van der Waals surface area contributed by atoms with Crippen molar-refractivity contribution in [3.8, 4) is 0 Å². The Bertz CT molecular complexity index is 684. The van der Waals surface area contributed by atoms with Gasteiger partial charge in [-0.1, -0.05) is 51.1 Å². The normalized spacial score (nSPS) is 11.8. The smallest absolute Gasteiger partial charge is 0.0939 e. The topological polar surface area (TPSA) is 12.0 Å². The lowest BCUT2D eigenvalue weighted by Crippen LogP contribution is -2.10. The molecule has 1 aromatic heterocycles.